The van der Waals surface area contributed by atoms with Gasteiger partial charge in [-0.15, -0.1) is 0 Å². The molecule has 2 N–H and O–H groups in total. The summed E-state index contributed by atoms with van der Waals surface area (Å²) in [4.78, 5) is 19.9. The number of anilines is 1. The Kier molecular flexibility index (Phi) is 5.16. The monoisotopic (exact) mass is 321 g/mol. The van der Waals surface area contributed by atoms with Gasteiger partial charge in [0.2, 0.25) is 5.82 Å². The van der Waals surface area contributed by atoms with Crippen LogP contribution < -0.4 is 4.72 Å². The second-order valence-corrected chi connectivity index (χ2v) is 5.77. The van der Waals surface area contributed by atoms with Crippen LogP contribution in [-0.4, -0.2) is 42.3 Å². The number of aliphatic carboxylic acids is 1. The number of nitro groups is 1. The predicted octanol–water partition coefficient (Wildman–Crippen LogP) is 0.797. The molecular weight excluding hydrogens is 309 g/mol. The number of halogens is 1. The van der Waals surface area contributed by atoms with E-state index < -0.39 is 39.0 Å². The van der Waals surface area contributed by atoms with Crippen molar-refractivity contribution in [2.75, 3.05) is 18.3 Å². The largest absolute Gasteiger partial charge is 0.481 e. The van der Waals surface area contributed by atoms with E-state index in [1.54, 1.807) is 0 Å². The molecule has 0 unspecified atom stereocenters. The third-order valence-corrected chi connectivity index (χ3v) is 3.94. The summed E-state index contributed by atoms with van der Waals surface area (Å²) >= 11 is 0. The first-order chi connectivity index (χ1) is 9.63. The maximum absolute atomic E-state index is 13.4. The van der Waals surface area contributed by atoms with Gasteiger partial charge < -0.3 is 5.11 Å². The molecule has 0 amide bonds. The molecule has 0 aromatic heterocycles. The summed E-state index contributed by atoms with van der Waals surface area (Å²) in [5.41, 5.74) is -0.988. The molecular formula is C10H12FN3O6S. The highest BCUT2D eigenvalue weighted by Gasteiger charge is 2.20. The summed E-state index contributed by atoms with van der Waals surface area (Å²) in [5, 5.41) is 18.9. The van der Waals surface area contributed by atoms with Gasteiger partial charge in [-0.25, -0.2) is 0 Å². The van der Waals surface area contributed by atoms with E-state index in [9.17, 15) is 27.7 Å². The van der Waals surface area contributed by atoms with Crippen LogP contribution in [0, 0.1) is 15.9 Å². The molecule has 0 fully saturated rings. The first-order valence-electron chi connectivity index (χ1n) is 5.53. The van der Waals surface area contributed by atoms with Crippen molar-refractivity contribution >= 4 is 27.6 Å². The molecule has 21 heavy (non-hydrogen) atoms. The maximum atomic E-state index is 13.4. The smallest absolute Gasteiger partial charge is 0.304 e. The number of benzene rings is 1. The minimum Gasteiger partial charge on any atom is -0.481 e. The molecule has 1 aromatic rings. The van der Waals surface area contributed by atoms with Gasteiger partial charge in [0.15, 0.2) is 0 Å². The Morgan fingerprint density at radius 1 is 1.52 bits per heavy atom. The first-order valence-corrected chi connectivity index (χ1v) is 6.97. The van der Waals surface area contributed by atoms with Crippen molar-refractivity contribution in [1.82, 2.24) is 4.31 Å². The average Bonchev–Trinajstić information content (AvgIpc) is 2.34. The highest BCUT2D eigenvalue weighted by atomic mass is 32.2. The Labute approximate surface area is 119 Å². The number of nitro benzene ring substituents is 1. The average molecular weight is 321 g/mol. The quantitative estimate of drug-likeness (QED) is 0.564. The molecule has 0 bridgehead atoms. The van der Waals surface area contributed by atoms with Gasteiger partial charge in [0.05, 0.1) is 17.0 Å². The predicted molar refractivity (Wildman–Crippen MR) is 70.5 cm³/mol. The van der Waals surface area contributed by atoms with E-state index in [1.807, 2.05) is 4.72 Å². The number of hydrogen-bond acceptors (Lipinski definition) is 5. The van der Waals surface area contributed by atoms with Gasteiger partial charge in [-0.2, -0.15) is 17.1 Å². The first kappa shape index (κ1) is 16.8. The van der Waals surface area contributed by atoms with Crippen molar-refractivity contribution in [2.24, 2.45) is 0 Å². The van der Waals surface area contributed by atoms with Crippen LogP contribution >= 0.6 is 0 Å². The normalized spacial score (nSPS) is 11.4. The van der Waals surface area contributed by atoms with Crippen molar-refractivity contribution in [2.45, 2.75) is 6.42 Å². The van der Waals surface area contributed by atoms with Crippen molar-refractivity contribution in [3.63, 3.8) is 0 Å². The zero-order valence-electron chi connectivity index (χ0n) is 10.8. The lowest BCUT2D eigenvalue weighted by molar-refractivity contribution is -0.387. The van der Waals surface area contributed by atoms with Gasteiger partial charge in [0.1, 0.15) is 0 Å². The van der Waals surface area contributed by atoms with E-state index in [1.165, 1.54) is 0 Å². The highest BCUT2D eigenvalue weighted by molar-refractivity contribution is 7.90. The van der Waals surface area contributed by atoms with Gasteiger partial charge in [-0.1, -0.05) is 0 Å². The molecule has 0 aliphatic carbocycles. The Morgan fingerprint density at radius 2 is 2.14 bits per heavy atom. The zero-order chi connectivity index (χ0) is 16.2. The summed E-state index contributed by atoms with van der Waals surface area (Å²) in [6.07, 6.45) is -0.397. The van der Waals surface area contributed by atoms with Crippen LogP contribution in [-0.2, 0) is 15.0 Å². The number of nitrogens with one attached hydrogen (secondary N) is 1. The molecule has 9 nitrogen and oxygen atoms in total. The molecule has 0 spiro atoms. The number of nitrogens with zero attached hydrogens (tertiary/aromatic N) is 2. The molecule has 0 saturated heterocycles. The fraction of sp³-hybridized carbons (Fsp3) is 0.300. The van der Waals surface area contributed by atoms with Gasteiger partial charge in [0, 0.05) is 25.7 Å². The number of hydrogen-bond donors (Lipinski definition) is 2. The number of carbonyl (C=O) groups is 1. The van der Waals surface area contributed by atoms with Crippen LogP contribution in [0.25, 0.3) is 0 Å². The molecule has 0 atom stereocenters. The number of carboxylic acid groups (broad SMARTS) is 1. The van der Waals surface area contributed by atoms with Crippen LogP contribution in [0.3, 0.4) is 0 Å². The van der Waals surface area contributed by atoms with Crippen molar-refractivity contribution in [3.8, 4) is 0 Å². The van der Waals surface area contributed by atoms with Gasteiger partial charge in [0.25, 0.3) is 0 Å². The SMILES string of the molecule is CN(CCC(=O)O)S(=O)(=O)Nc1ccc([N+](=O)[O-])c(F)c1. The second kappa shape index (κ2) is 6.45. The van der Waals surface area contributed by atoms with E-state index in [2.05, 4.69) is 0 Å². The number of rotatable bonds is 7. The van der Waals surface area contributed by atoms with Crippen LogP contribution in [0.2, 0.25) is 0 Å². The summed E-state index contributed by atoms with van der Waals surface area (Å²) in [6.45, 7) is -0.278. The summed E-state index contributed by atoms with van der Waals surface area (Å²) in [5.74, 6) is -2.35. The van der Waals surface area contributed by atoms with E-state index in [0.29, 0.717) is 6.07 Å². The van der Waals surface area contributed by atoms with Crippen LogP contribution in [0.4, 0.5) is 15.8 Å². The second-order valence-electron chi connectivity index (χ2n) is 4.00. The van der Waals surface area contributed by atoms with Crippen LogP contribution in [0.1, 0.15) is 6.42 Å². The van der Waals surface area contributed by atoms with Gasteiger partial charge in [-0.3, -0.25) is 19.6 Å². The van der Waals surface area contributed by atoms with Crippen molar-refractivity contribution < 1.29 is 27.6 Å². The molecule has 11 heteroatoms. The lowest BCUT2D eigenvalue weighted by Crippen LogP contribution is -2.34. The van der Waals surface area contributed by atoms with Crippen molar-refractivity contribution in [3.05, 3.63) is 34.1 Å². The molecule has 0 aliphatic rings. The van der Waals surface area contributed by atoms with Crippen molar-refractivity contribution in [1.29, 1.82) is 0 Å². The minimum absolute atomic E-state index is 0.208. The van der Waals surface area contributed by atoms with E-state index >= 15 is 0 Å². The van der Waals surface area contributed by atoms with E-state index in [-0.39, 0.29) is 12.2 Å². The minimum atomic E-state index is -4.08. The van der Waals surface area contributed by atoms with E-state index in [4.69, 9.17) is 5.11 Å². The summed E-state index contributed by atoms with van der Waals surface area (Å²) in [7, 11) is -2.93. The zero-order valence-corrected chi connectivity index (χ0v) is 11.6. The Bertz CT molecular complexity index is 663. The topological polar surface area (TPSA) is 130 Å². The molecule has 116 valence electrons. The third kappa shape index (κ3) is 4.65. The molecule has 1 rings (SSSR count). The Morgan fingerprint density at radius 3 is 2.62 bits per heavy atom. The number of carboxylic acids is 1. The van der Waals surface area contributed by atoms with Gasteiger partial charge >= 0.3 is 21.9 Å². The Hall–Kier alpha value is -2.27. The lowest BCUT2D eigenvalue weighted by atomic mass is 10.3. The van der Waals surface area contributed by atoms with Crippen LogP contribution in [0.15, 0.2) is 18.2 Å². The summed E-state index contributed by atoms with van der Waals surface area (Å²) in [6, 6.07) is 2.52. The lowest BCUT2D eigenvalue weighted by Gasteiger charge is -2.17. The maximum Gasteiger partial charge on any atom is 0.304 e. The third-order valence-electron chi connectivity index (χ3n) is 2.44. The molecule has 0 aliphatic heterocycles. The van der Waals surface area contributed by atoms with E-state index in [0.717, 1.165) is 23.5 Å². The molecule has 0 saturated carbocycles. The standard InChI is InChI=1S/C10H12FN3O6S/c1-13(5-4-10(15)16)21(19,20)12-7-2-3-9(14(17)18)8(11)6-7/h2-3,6,12H,4-5H2,1H3,(H,15,16). The fourth-order valence-corrected chi connectivity index (χ4v) is 2.23. The molecule has 0 heterocycles. The highest BCUT2D eigenvalue weighted by Crippen LogP contribution is 2.21. The summed E-state index contributed by atoms with van der Waals surface area (Å²) < 4.78 is 39.7. The van der Waals surface area contributed by atoms with Crippen LogP contribution in [0.5, 0.6) is 0 Å². The van der Waals surface area contributed by atoms with Gasteiger partial charge in [-0.05, 0) is 6.07 Å². The Balaban J connectivity index is 2.86. The molecule has 0 radical (unpaired) electrons. The fourth-order valence-electron chi connectivity index (χ4n) is 1.32. The molecule has 1 aromatic carbocycles.